The molecule has 0 aliphatic rings. The van der Waals surface area contributed by atoms with Gasteiger partial charge in [-0.15, -0.1) is 0 Å². The molecule has 1 aromatic heterocycles. The molecule has 2 rings (SSSR count). The molecule has 0 aliphatic carbocycles. The fraction of sp³-hybridized carbons (Fsp3) is 0. The van der Waals surface area contributed by atoms with Crippen molar-refractivity contribution in [1.82, 2.24) is 0 Å². The Morgan fingerprint density at radius 3 is 2.71 bits per heavy atom. The molecule has 0 aliphatic heterocycles. The van der Waals surface area contributed by atoms with Crippen LogP contribution in [0.5, 0.6) is 0 Å². The molecule has 1 amide bonds. The maximum atomic E-state index is 11.8. The van der Waals surface area contributed by atoms with E-state index >= 15 is 0 Å². The summed E-state index contributed by atoms with van der Waals surface area (Å²) in [6.45, 7) is 0. The maximum Gasteiger partial charge on any atom is 0.324 e. The van der Waals surface area contributed by atoms with Gasteiger partial charge in [0.05, 0.1) is 20.7 Å². The third-order valence-electron chi connectivity index (χ3n) is 2.40. The molecule has 1 aromatic carbocycles. The predicted molar refractivity (Wildman–Crippen MR) is 85.1 cm³/mol. The first-order valence-corrected chi connectivity index (χ1v) is 7.22. The van der Waals surface area contributed by atoms with Gasteiger partial charge >= 0.3 is 5.00 Å². The summed E-state index contributed by atoms with van der Waals surface area (Å²) in [5.74, 6) is -0.407. The summed E-state index contributed by atoms with van der Waals surface area (Å²) in [4.78, 5) is 22.4. The van der Waals surface area contributed by atoms with Crippen LogP contribution in [-0.4, -0.2) is 10.8 Å². The van der Waals surface area contributed by atoms with Crippen LogP contribution in [-0.2, 0) is 4.79 Å². The number of amides is 1. The van der Waals surface area contributed by atoms with Gasteiger partial charge in [0.15, 0.2) is 0 Å². The van der Waals surface area contributed by atoms with E-state index in [0.29, 0.717) is 15.6 Å². The molecule has 0 saturated heterocycles. The van der Waals surface area contributed by atoms with Crippen LogP contribution in [0.1, 0.15) is 4.88 Å². The second kappa shape index (κ2) is 6.71. The summed E-state index contributed by atoms with van der Waals surface area (Å²) in [6.07, 6.45) is 2.76. The Kier molecular flexibility index (Phi) is 4.95. The normalized spacial score (nSPS) is 10.8. The number of carbonyl (C=O) groups is 1. The number of halogens is 2. The molecule has 5 nitrogen and oxygen atoms in total. The largest absolute Gasteiger partial charge is 0.324 e. The third-order valence-corrected chi connectivity index (χ3v) is 4.22. The highest BCUT2D eigenvalue weighted by molar-refractivity contribution is 7.16. The van der Waals surface area contributed by atoms with Gasteiger partial charge < -0.3 is 5.32 Å². The number of nitrogens with zero attached hydrogens (tertiary/aromatic N) is 1. The Labute approximate surface area is 134 Å². The summed E-state index contributed by atoms with van der Waals surface area (Å²) in [5, 5.41) is 13.7. The van der Waals surface area contributed by atoms with Gasteiger partial charge in [-0.05, 0) is 24.3 Å². The molecule has 8 heteroatoms. The molecule has 0 unspecified atom stereocenters. The van der Waals surface area contributed by atoms with Crippen LogP contribution >= 0.6 is 34.5 Å². The first-order chi connectivity index (χ1) is 9.97. The molecular weight excluding hydrogens is 335 g/mol. The van der Waals surface area contributed by atoms with E-state index in [9.17, 15) is 14.9 Å². The van der Waals surface area contributed by atoms with Crippen molar-refractivity contribution in [1.29, 1.82) is 0 Å². The Morgan fingerprint density at radius 1 is 1.29 bits per heavy atom. The summed E-state index contributed by atoms with van der Waals surface area (Å²) in [7, 11) is 0. The minimum absolute atomic E-state index is 0.0212. The van der Waals surface area contributed by atoms with Crippen LogP contribution in [0.3, 0.4) is 0 Å². The van der Waals surface area contributed by atoms with Crippen molar-refractivity contribution in [3.63, 3.8) is 0 Å². The Hall–Kier alpha value is -1.89. The Bertz CT molecular complexity index is 728. The third kappa shape index (κ3) is 4.04. The maximum absolute atomic E-state index is 11.8. The van der Waals surface area contributed by atoms with Crippen molar-refractivity contribution < 1.29 is 9.72 Å². The molecular formula is C13H8Cl2N2O3S. The fourth-order valence-corrected chi connectivity index (χ4v) is 2.53. The molecule has 1 N–H and O–H groups in total. The molecule has 108 valence electrons. The summed E-state index contributed by atoms with van der Waals surface area (Å²) in [6, 6.07) is 7.85. The fourth-order valence-electron chi connectivity index (χ4n) is 1.46. The van der Waals surface area contributed by atoms with Crippen LogP contribution in [0.25, 0.3) is 6.08 Å². The first-order valence-electron chi connectivity index (χ1n) is 5.64. The number of thiophene rings is 1. The van der Waals surface area contributed by atoms with Crippen LogP contribution in [0, 0.1) is 10.1 Å². The highest BCUT2D eigenvalue weighted by Crippen LogP contribution is 2.29. The summed E-state index contributed by atoms with van der Waals surface area (Å²) < 4.78 is 0. The number of carbonyl (C=O) groups excluding carboxylic acids is 1. The van der Waals surface area contributed by atoms with Crippen LogP contribution in [0.15, 0.2) is 36.4 Å². The number of benzene rings is 1. The number of rotatable bonds is 4. The van der Waals surface area contributed by atoms with Crippen molar-refractivity contribution in [2.75, 3.05) is 5.32 Å². The van der Waals surface area contributed by atoms with Gasteiger partial charge in [0.25, 0.3) is 0 Å². The molecule has 1 heterocycles. The molecule has 0 atom stereocenters. The second-order valence-electron chi connectivity index (χ2n) is 3.86. The lowest BCUT2D eigenvalue weighted by atomic mass is 10.3. The lowest BCUT2D eigenvalue weighted by Crippen LogP contribution is -2.08. The minimum Gasteiger partial charge on any atom is -0.321 e. The molecule has 0 saturated carbocycles. The van der Waals surface area contributed by atoms with Gasteiger partial charge in [-0.1, -0.05) is 40.6 Å². The number of nitrogens with one attached hydrogen (secondary N) is 1. The Balaban J connectivity index is 2.05. The quantitative estimate of drug-likeness (QED) is 0.500. The Morgan fingerprint density at radius 2 is 2.05 bits per heavy atom. The van der Waals surface area contributed by atoms with E-state index in [1.54, 1.807) is 24.3 Å². The number of hydrogen-bond acceptors (Lipinski definition) is 4. The van der Waals surface area contributed by atoms with Gasteiger partial charge in [-0.2, -0.15) is 0 Å². The van der Waals surface area contributed by atoms with Crippen molar-refractivity contribution in [3.8, 4) is 0 Å². The SMILES string of the molecule is O=C(/C=C/c1ccc([N+](=O)[O-])s1)Nc1cccc(Cl)c1Cl. The van der Waals surface area contributed by atoms with Gasteiger partial charge in [0.1, 0.15) is 0 Å². The van der Waals surface area contributed by atoms with Crippen molar-refractivity contribution >= 4 is 57.2 Å². The van der Waals surface area contributed by atoms with E-state index in [0.717, 1.165) is 11.3 Å². The minimum atomic E-state index is -0.478. The molecule has 0 radical (unpaired) electrons. The van der Waals surface area contributed by atoms with Gasteiger partial charge in [-0.3, -0.25) is 14.9 Å². The zero-order chi connectivity index (χ0) is 15.4. The smallest absolute Gasteiger partial charge is 0.321 e. The van der Waals surface area contributed by atoms with Gasteiger partial charge in [0, 0.05) is 17.0 Å². The van der Waals surface area contributed by atoms with E-state index in [4.69, 9.17) is 23.2 Å². The highest BCUT2D eigenvalue weighted by Gasteiger charge is 2.09. The average Bonchev–Trinajstić information content (AvgIpc) is 2.91. The average molecular weight is 343 g/mol. The topological polar surface area (TPSA) is 72.2 Å². The van der Waals surface area contributed by atoms with Crippen molar-refractivity contribution in [2.45, 2.75) is 0 Å². The zero-order valence-corrected chi connectivity index (χ0v) is 12.7. The predicted octanol–water partition coefficient (Wildman–Crippen LogP) is 4.62. The van der Waals surface area contributed by atoms with Crippen LogP contribution < -0.4 is 5.32 Å². The monoisotopic (exact) mass is 342 g/mol. The van der Waals surface area contributed by atoms with E-state index in [2.05, 4.69) is 5.32 Å². The van der Waals surface area contributed by atoms with Crippen molar-refractivity contribution in [2.24, 2.45) is 0 Å². The van der Waals surface area contributed by atoms with Crippen molar-refractivity contribution in [3.05, 3.63) is 61.4 Å². The van der Waals surface area contributed by atoms with E-state index in [1.165, 1.54) is 18.2 Å². The first kappa shape index (κ1) is 15.5. The van der Waals surface area contributed by atoms with E-state index in [-0.39, 0.29) is 10.0 Å². The van der Waals surface area contributed by atoms with Crippen LogP contribution in [0.2, 0.25) is 10.0 Å². The summed E-state index contributed by atoms with van der Waals surface area (Å²) >= 11 is 12.8. The zero-order valence-electron chi connectivity index (χ0n) is 10.4. The molecule has 0 fully saturated rings. The number of anilines is 1. The molecule has 0 bridgehead atoms. The van der Waals surface area contributed by atoms with Crippen LogP contribution in [0.4, 0.5) is 10.7 Å². The second-order valence-corrected chi connectivity index (χ2v) is 5.74. The summed E-state index contributed by atoms with van der Waals surface area (Å²) in [5.41, 5.74) is 0.399. The van der Waals surface area contributed by atoms with Gasteiger partial charge in [0.2, 0.25) is 5.91 Å². The van der Waals surface area contributed by atoms with Gasteiger partial charge in [-0.25, -0.2) is 0 Å². The standard InChI is InChI=1S/C13H8Cl2N2O3S/c14-9-2-1-3-10(13(9)15)16-11(18)6-4-8-5-7-12(21-8)17(19)20/h1-7H,(H,16,18)/b6-4+. The van der Waals surface area contributed by atoms with E-state index < -0.39 is 10.8 Å². The highest BCUT2D eigenvalue weighted by atomic mass is 35.5. The van der Waals surface area contributed by atoms with E-state index in [1.807, 2.05) is 0 Å². The lowest BCUT2D eigenvalue weighted by molar-refractivity contribution is -0.380. The molecule has 2 aromatic rings. The molecule has 21 heavy (non-hydrogen) atoms. The molecule has 0 spiro atoms. The number of nitro groups is 1. The lowest BCUT2D eigenvalue weighted by Gasteiger charge is -2.05. The number of hydrogen-bond donors (Lipinski definition) is 1.